The summed E-state index contributed by atoms with van der Waals surface area (Å²) in [6.07, 6.45) is 2.65. The van der Waals surface area contributed by atoms with E-state index in [1.165, 1.54) is 19.5 Å². The van der Waals surface area contributed by atoms with E-state index in [2.05, 4.69) is 15.3 Å². The molecule has 0 bridgehead atoms. The third-order valence-corrected chi connectivity index (χ3v) is 2.17. The van der Waals surface area contributed by atoms with Crippen molar-refractivity contribution < 1.29 is 23.9 Å². The van der Waals surface area contributed by atoms with E-state index in [0.29, 0.717) is 12.3 Å². The minimum absolute atomic E-state index is 0.0158. The number of imide groups is 1. The molecule has 0 unspecified atom stereocenters. The second kappa shape index (κ2) is 8.59. The van der Waals surface area contributed by atoms with Gasteiger partial charge in [-0.2, -0.15) is 0 Å². The number of esters is 1. The van der Waals surface area contributed by atoms with Gasteiger partial charge < -0.3 is 14.8 Å². The Morgan fingerprint density at radius 2 is 2.00 bits per heavy atom. The molecule has 1 aromatic rings. The number of hydrogen-bond donors (Lipinski definition) is 2. The van der Waals surface area contributed by atoms with Crippen LogP contribution in [0.25, 0.3) is 0 Å². The van der Waals surface area contributed by atoms with E-state index in [1.807, 2.05) is 5.32 Å². The number of carbonyl (C=O) groups excluding carboxylic acids is 3. The van der Waals surface area contributed by atoms with Crippen molar-refractivity contribution in [2.24, 2.45) is 0 Å². The van der Waals surface area contributed by atoms with E-state index < -0.39 is 24.5 Å². The molecule has 0 spiro atoms. The quantitative estimate of drug-likeness (QED) is 0.532. The molecule has 1 rings (SSSR count). The van der Waals surface area contributed by atoms with Crippen LogP contribution < -0.4 is 10.6 Å². The van der Waals surface area contributed by atoms with Gasteiger partial charge in [0, 0.05) is 19.9 Å². The average molecular weight is 296 g/mol. The summed E-state index contributed by atoms with van der Waals surface area (Å²) in [6.45, 7) is 1.71. The summed E-state index contributed by atoms with van der Waals surface area (Å²) in [5.41, 5.74) is 0.634. The van der Waals surface area contributed by atoms with Crippen LogP contribution >= 0.6 is 0 Å². The first-order valence-corrected chi connectivity index (χ1v) is 6.05. The van der Waals surface area contributed by atoms with E-state index >= 15 is 0 Å². The molecular formula is C12H16N4O5. The smallest absolute Gasteiger partial charge is 0.359 e. The van der Waals surface area contributed by atoms with Crippen LogP contribution in [0.4, 0.5) is 4.79 Å². The number of amides is 3. The molecule has 114 valence electrons. The van der Waals surface area contributed by atoms with Gasteiger partial charge in [0.15, 0.2) is 12.3 Å². The van der Waals surface area contributed by atoms with E-state index in [4.69, 9.17) is 9.47 Å². The lowest BCUT2D eigenvalue weighted by Gasteiger charge is -2.06. The molecule has 1 heterocycles. The van der Waals surface area contributed by atoms with Gasteiger partial charge in [-0.15, -0.1) is 0 Å². The van der Waals surface area contributed by atoms with Crippen molar-refractivity contribution in [3.8, 4) is 0 Å². The molecule has 0 saturated heterocycles. The highest BCUT2D eigenvalue weighted by Gasteiger charge is 2.13. The van der Waals surface area contributed by atoms with Gasteiger partial charge in [-0.1, -0.05) is 0 Å². The Bertz CT molecular complexity index is 503. The molecule has 0 radical (unpaired) electrons. The summed E-state index contributed by atoms with van der Waals surface area (Å²) in [4.78, 5) is 41.8. The lowest BCUT2D eigenvalue weighted by Crippen LogP contribution is -2.42. The van der Waals surface area contributed by atoms with E-state index in [9.17, 15) is 14.4 Å². The Labute approximate surface area is 121 Å². The molecule has 9 nitrogen and oxygen atoms in total. The third-order valence-electron chi connectivity index (χ3n) is 2.17. The fraction of sp³-hybridized carbons (Fsp3) is 0.417. The molecule has 0 fully saturated rings. The summed E-state index contributed by atoms with van der Waals surface area (Å²) in [5.74, 6) is -1.55. The Morgan fingerprint density at radius 3 is 2.62 bits per heavy atom. The SMILES string of the molecule is COCCNC(=O)NC(=O)COC(=O)c1cnc(C)cn1. The number of ether oxygens (including phenoxy) is 2. The van der Waals surface area contributed by atoms with Crippen molar-refractivity contribution in [1.82, 2.24) is 20.6 Å². The molecule has 3 amide bonds. The van der Waals surface area contributed by atoms with Crippen molar-refractivity contribution >= 4 is 17.9 Å². The highest BCUT2D eigenvalue weighted by atomic mass is 16.5. The maximum Gasteiger partial charge on any atom is 0.359 e. The zero-order chi connectivity index (χ0) is 15.7. The number of nitrogens with zero attached hydrogens (tertiary/aromatic N) is 2. The van der Waals surface area contributed by atoms with E-state index in [1.54, 1.807) is 6.92 Å². The molecule has 1 aromatic heterocycles. The van der Waals surface area contributed by atoms with Crippen molar-refractivity contribution in [1.29, 1.82) is 0 Å². The first kappa shape index (κ1) is 16.5. The number of hydrogen-bond acceptors (Lipinski definition) is 7. The Hall–Kier alpha value is -2.55. The van der Waals surface area contributed by atoms with Crippen molar-refractivity contribution in [2.45, 2.75) is 6.92 Å². The van der Waals surface area contributed by atoms with Crippen molar-refractivity contribution in [3.63, 3.8) is 0 Å². The van der Waals surface area contributed by atoms with Gasteiger partial charge in [-0.3, -0.25) is 15.1 Å². The van der Waals surface area contributed by atoms with Gasteiger partial charge >= 0.3 is 12.0 Å². The van der Waals surface area contributed by atoms with Crippen molar-refractivity contribution in [2.75, 3.05) is 26.9 Å². The van der Waals surface area contributed by atoms with Gasteiger partial charge in [0.25, 0.3) is 5.91 Å². The predicted octanol–water partition coefficient (Wildman–Crippen LogP) is -0.586. The maximum absolute atomic E-state index is 11.5. The highest BCUT2D eigenvalue weighted by molar-refractivity contribution is 5.96. The fourth-order valence-corrected chi connectivity index (χ4v) is 1.18. The highest BCUT2D eigenvalue weighted by Crippen LogP contribution is 1.96. The molecule has 0 aromatic carbocycles. The van der Waals surface area contributed by atoms with Crippen LogP contribution in [0.5, 0.6) is 0 Å². The Balaban J connectivity index is 2.30. The van der Waals surface area contributed by atoms with Gasteiger partial charge in [0.1, 0.15) is 0 Å². The molecule has 9 heteroatoms. The summed E-state index contributed by atoms with van der Waals surface area (Å²) in [7, 11) is 1.48. The van der Waals surface area contributed by atoms with Gasteiger partial charge in [0.2, 0.25) is 0 Å². The number of carbonyl (C=O) groups is 3. The maximum atomic E-state index is 11.5. The van der Waals surface area contributed by atoms with Gasteiger partial charge in [-0.25, -0.2) is 14.6 Å². The molecular weight excluding hydrogens is 280 g/mol. The monoisotopic (exact) mass is 296 g/mol. The largest absolute Gasteiger partial charge is 0.451 e. The van der Waals surface area contributed by atoms with Crippen LogP contribution in [-0.4, -0.2) is 54.7 Å². The standard InChI is InChI=1S/C12H16N4O5/c1-8-5-15-9(6-14-8)11(18)21-7-10(17)16-12(19)13-3-4-20-2/h5-6H,3-4,7H2,1-2H3,(H2,13,16,17,19). The molecule has 0 saturated carbocycles. The van der Waals surface area contributed by atoms with Gasteiger partial charge in [-0.05, 0) is 6.92 Å². The topological polar surface area (TPSA) is 120 Å². The molecule has 0 aliphatic rings. The average Bonchev–Trinajstić information content (AvgIpc) is 2.46. The molecule has 21 heavy (non-hydrogen) atoms. The lowest BCUT2D eigenvalue weighted by atomic mass is 10.4. The first-order chi connectivity index (χ1) is 10.0. The molecule has 0 atom stereocenters. The van der Waals surface area contributed by atoms with E-state index in [0.717, 1.165) is 0 Å². The zero-order valence-electron chi connectivity index (χ0n) is 11.7. The lowest BCUT2D eigenvalue weighted by molar-refractivity contribution is -0.123. The van der Waals surface area contributed by atoms with Crippen molar-refractivity contribution in [3.05, 3.63) is 23.8 Å². The summed E-state index contributed by atoms with van der Waals surface area (Å²) in [6, 6.07) is -0.691. The van der Waals surface area contributed by atoms with Crippen LogP contribution in [0.3, 0.4) is 0 Å². The van der Waals surface area contributed by atoms with Gasteiger partial charge in [0.05, 0.1) is 18.5 Å². The predicted molar refractivity (Wildman–Crippen MR) is 70.5 cm³/mol. The number of rotatable bonds is 6. The Morgan fingerprint density at radius 1 is 1.24 bits per heavy atom. The minimum Gasteiger partial charge on any atom is -0.451 e. The number of aromatic nitrogens is 2. The third kappa shape index (κ3) is 6.43. The number of nitrogens with one attached hydrogen (secondary N) is 2. The molecule has 0 aliphatic heterocycles. The van der Waals surface area contributed by atoms with Crippen LogP contribution in [0, 0.1) is 6.92 Å². The second-order valence-electron chi connectivity index (χ2n) is 3.92. The second-order valence-corrected chi connectivity index (χ2v) is 3.92. The Kier molecular flexibility index (Phi) is 6.75. The van der Waals surface area contributed by atoms with Crippen LogP contribution in [0.2, 0.25) is 0 Å². The minimum atomic E-state index is -0.794. The van der Waals surface area contributed by atoms with Crippen LogP contribution in [0.15, 0.2) is 12.4 Å². The fourth-order valence-electron chi connectivity index (χ4n) is 1.18. The number of urea groups is 1. The zero-order valence-corrected chi connectivity index (χ0v) is 11.7. The van der Waals surface area contributed by atoms with E-state index in [-0.39, 0.29) is 12.2 Å². The summed E-state index contributed by atoms with van der Waals surface area (Å²) < 4.78 is 9.42. The summed E-state index contributed by atoms with van der Waals surface area (Å²) >= 11 is 0. The van der Waals surface area contributed by atoms with Crippen LogP contribution in [-0.2, 0) is 14.3 Å². The molecule has 2 N–H and O–H groups in total. The first-order valence-electron chi connectivity index (χ1n) is 6.05. The number of aryl methyl sites for hydroxylation is 1. The normalized spacial score (nSPS) is 9.81. The summed E-state index contributed by atoms with van der Waals surface area (Å²) in [5, 5.41) is 4.38. The van der Waals surface area contributed by atoms with Crippen LogP contribution in [0.1, 0.15) is 16.2 Å². The molecule has 0 aliphatic carbocycles. The number of methoxy groups -OCH3 is 1.